The molecule has 4 aromatic carbocycles. The van der Waals surface area contributed by atoms with Crippen molar-refractivity contribution < 1.29 is 45.8 Å². The lowest BCUT2D eigenvalue weighted by Crippen LogP contribution is -2.36. The van der Waals surface area contributed by atoms with Crippen LogP contribution in [0.5, 0.6) is 11.5 Å². The average Bonchev–Trinajstić information content (AvgIpc) is 3.07. The summed E-state index contributed by atoms with van der Waals surface area (Å²) in [6.45, 7) is 4.11. The van der Waals surface area contributed by atoms with Crippen LogP contribution in [0.2, 0.25) is 0 Å². The molecule has 0 spiro atoms. The number of nitrogens with two attached hydrogens (primary N) is 2. The van der Waals surface area contributed by atoms with Gasteiger partial charge in [-0.1, -0.05) is 36.4 Å². The van der Waals surface area contributed by atoms with Crippen LogP contribution in [0.3, 0.4) is 0 Å². The number of alkyl halides is 5. The summed E-state index contributed by atoms with van der Waals surface area (Å²) in [6.07, 6.45) is -3.61. The molecule has 0 saturated carbocycles. The highest BCUT2D eigenvalue weighted by molar-refractivity contribution is 5.91. The molecule has 0 unspecified atom stereocenters. The Kier molecular flexibility index (Phi) is 12.2. The molecule has 12 heteroatoms. The first kappa shape index (κ1) is 37.4. The zero-order valence-corrected chi connectivity index (χ0v) is 26.9. The van der Waals surface area contributed by atoms with Crippen LogP contribution < -0.4 is 20.9 Å². The standard InChI is InChI=1S/C38H36F5N2O5/c1-36(23-27-3-12-30(44)13-4-27,24-28-5-14-31(45)15-6-28)25-49-34(46)20-9-26-7-16-33(17-8-26)50-35(47)29-10-18-32(19-11-29)48-22-2-21-37(39,40)38(41,42)43/h3-20H,1-2,21-25,44-45H2/b20-9+. The number of rotatable bonds is 15. The van der Waals surface area contributed by atoms with Gasteiger partial charge in [0.25, 0.3) is 0 Å². The summed E-state index contributed by atoms with van der Waals surface area (Å²) in [5.74, 6) is -5.62. The van der Waals surface area contributed by atoms with Gasteiger partial charge in [-0.15, -0.1) is 0 Å². The Labute approximate surface area is 286 Å². The molecule has 0 amide bonds. The van der Waals surface area contributed by atoms with Crippen LogP contribution in [-0.2, 0) is 22.4 Å². The van der Waals surface area contributed by atoms with Gasteiger partial charge < -0.3 is 25.7 Å². The first-order valence-corrected chi connectivity index (χ1v) is 15.5. The summed E-state index contributed by atoms with van der Waals surface area (Å²) in [6, 6.07) is 26.7. The maximum atomic E-state index is 13.0. The molecule has 0 fully saturated rings. The van der Waals surface area contributed by atoms with Gasteiger partial charge in [0.05, 0.1) is 18.8 Å². The van der Waals surface area contributed by atoms with E-state index in [-0.39, 0.29) is 30.3 Å². The van der Waals surface area contributed by atoms with Crippen LogP contribution in [-0.4, -0.2) is 37.3 Å². The maximum absolute atomic E-state index is 13.0. The Balaban J connectivity index is 1.27. The van der Waals surface area contributed by atoms with E-state index in [0.717, 1.165) is 11.1 Å². The lowest BCUT2D eigenvalue weighted by molar-refractivity contribution is -0.284. The number of hydrogen-bond acceptors (Lipinski definition) is 7. The van der Waals surface area contributed by atoms with Crippen molar-refractivity contribution in [2.75, 3.05) is 24.7 Å². The highest BCUT2D eigenvalue weighted by Crippen LogP contribution is 2.38. The van der Waals surface area contributed by atoms with E-state index in [2.05, 4.69) is 6.92 Å². The van der Waals surface area contributed by atoms with Crippen LogP contribution in [0.25, 0.3) is 6.08 Å². The average molecular weight is 696 g/mol. The van der Waals surface area contributed by atoms with Gasteiger partial charge in [0.15, 0.2) is 0 Å². The minimum Gasteiger partial charge on any atom is -0.494 e. The van der Waals surface area contributed by atoms with Crippen molar-refractivity contribution >= 4 is 29.4 Å². The Hall–Kier alpha value is -5.39. The van der Waals surface area contributed by atoms with E-state index >= 15 is 0 Å². The summed E-state index contributed by atoms with van der Waals surface area (Å²) in [4.78, 5) is 25.2. The first-order chi connectivity index (χ1) is 23.6. The fourth-order valence-electron chi connectivity index (χ4n) is 4.86. The molecule has 0 atom stereocenters. The second-order valence-corrected chi connectivity index (χ2v) is 11.9. The molecule has 4 N–H and O–H groups in total. The van der Waals surface area contributed by atoms with Crippen molar-refractivity contribution in [1.82, 2.24) is 0 Å². The Morgan fingerprint density at radius 2 is 1.24 bits per heavy atom. The first-order valence-electron chi connectivity index (χ1n) is 15.5. The number of carbonyl (C=O) groups excluding carboxylic acids is 2. The number of anilines is 2. The zero-order valence-electron chi connectivity index (χ0n) is 26.9. The van der Waals surface area contributed by atoms with Crippen molar-refractivity contribution in [3.8, 4) is 11.5 Å². The molecule has 4 aromatic rings. The molecule has 0 aliphatic rings. The molecule has 50 heavy (non-hydrogen) atoms. The molecular weight excluding hydrogens is 659 g/mol. The van der Waals surface area contributed by atoms with Crippen LogP contribution in [0.1, 0.15) is 39.9 Å². The maximum Gasteiger partial charge on any atom is 0.453 e. The lowest BCUT2D eigenvalue weighted by atomic mass is 9.79. The van der Waals surface area contributed by atoms with Gasteiger partial charge in [-0.25, -0.2) is 9.59 Å². The number of hydrogen-bond donors (Lipinski definition) is 2. The van der Waals surface area contributed by atoms with E-state index in [9.17, 15) is 31.5 Å². The van der Waals surface area contributed by atoms with E-state index in [1.165, 1.54) is 42.5 Å². The summed E-state index contributed by atoms with van der Waals surface area (Å²) in [5, 5.41) is 0. The number of ether oxygens (including phenoxy) is 3. The number of esters is 2. The minimum absolute atomic E-state index is 0.0494. The molecule has 7 nitrogen and oxygen atoms in total. The van der Waals surface area contributed by atoms with E-state index in [4.69, 9.17) is 25.7 Å². The predicted molar refractivity (Wildman–Crippen MR) is 180 cm³/mol. The molecule has 0 aliphatic carbocycles. The number of halogens is 5. The largest absolute Gasteiger partial charge is 0.494 e. The van der Waals surface area contributed by atoms with Gasteiger partial charge in [-0.05, 0) is 110 Å². The van der Waals surface area contributed by atoms with E-state index in [0.29, 0.717) is 29.8 Å². The molecule has 0 bridgehead atoms. The fraction of sp³-hybridized carbons (Fsp3) is 0.237. The number of carbonyl (C=O) groups is 2. The van der Waals surface area contributed by atoms with E-state index in [1.807, 2.05) is 48.5 Å². The van der Waals surface area contributed by atoms with Crippen molar-refractivity contribution in [3.63, 3.8) is 0 Å². The third-order valence-electron chi connectivity index (χ3n) is 7.55. The molecule has 263 valence electrons. The van der Waals surface area contributed by atoms with Crippen LogP contribution in [0, 0.1) is 12.3 Å². The smallest absolute Gasteiger partial charge is 0.453 e. The molecule has 0 aromatic heterocycles. The van der Waals surface area contributed by atoms with Crippen molar-refractivity contribution in [2.24, 2.45) is 5.41 Å². The van der Waals surface area contributed by atoms with E-state index < -0.39 is 42.3 Å². The third-order valence-corrected chi connectivity index (χ3v) is 7.55. The lowest BCUT2D eigenvalue weighted by Gasteiger charge is -2.29. The second-order valence-electron chi connectivity index (χ2n) is 11.9. The number of nitrogen functional groups attached to an aromatic ring is 2. The van der Waals surface area contributed by atoms with Gasteiger partial charge >= 0.3 is 24.0 Å². The molecule has 1 radical (unpaired) electrons. The molecular formula is C38H36F5N2O5. The topological polar surface area (TPSA) is 114 Å². The van der Waals surface area contributed by atoms with Crippen molar-refractivity contribution in [2.45, 2.75) is 37.8 Å². The monoisotopic (exact) mass is 695 g/mol. The minimum atomic E-state index is -5.61. The van der Waals surface area contributed by atoms with Crippen molar-refractivity contribution in [1.29, 1.82) is 0 Å². The highest BCUT2D eigenvalue weighted by atomic mass is 19.4. The second kappa shape index (κ2) is 16.3. The summed E-state index contributed by atoms with van der Waals surface area (Å²) in [5.41, 5.74) is 15.1. The van der Waals surface area contributed by atoms with Gasteiger partial charge in [-0.2, -0.15) is 22.0 Å². The normalized spacial score (nSPS) is 12.1. The summed E-state index contributed by atoms with van der Waals surface area (Å²) >= 11 is 0. The Morgan fingerprint density at radius 3 is 1.76 bits per heavy atom. The summed E-state index contributed by atoms with van der Waals surface area (Å²) in [7, 11) is 0. The van der Waals surface area contributed by atoms with Crippen molar-refractivity contribution in [3.05, 3.63) is 132 Å². The summed E-state index contributed by atoms with van der Waals surface area (Å²) < 4.78 is 79.0. The van der Waals surface area contributed by atoms with Gasteiger partial charge in [0.2, 0.25) is 0 Å². The van der Waals surface area contributed by atoms with Crippen LogP contribution in [0.15, 0.2) is 103 Å². The predicted octanol–water partition coefficient (Wildman–Crippen LogP) is 8.29. The van der Waals surface area contributed by atoms with E-state index in [1.54, 1.807) is 18.2 Å². The SMILES string of the molecule is [CH2]C(COC(=O)/C=C/c1ccc(OC(=O)c2ccc(OCCCC(F)(F)C(F)(F)F)cc2)cc1)(Cc1ccc(N)cc1)Cc1ccc(N)cc1. The van der Waals surface area contributed by atoms with Crippen LogP contribution >= 0.6 is 0 Å². The Bertz CT molecular complexity index is 1690. The number of benzene rings is 4. The molecule has 0 aliphatic heterocycles. The van der Waals surface area contributed by atoms with Gasteiger partial charge in [-0.3, -0.25) is 0 Å². The van der Waals surface area contributed by atoms with Gasteiger partial charge in [0.1, 0.15) is 11.5 Å². The fourth-order valence-corrected chi connectivity index (χ4v) is 4.86. The molecule has 4 rings (SSSR count). The molecule has 0 saturated heterocycles. The van der Waals surface area contributed by atoms with Gasteiger partial charge in [0, 0.05) is 29.3 Å². The Morgan fingerprint density at radius 1 is 0.720 bits per heavy atom. The van der Waals surface area contributed by atoms with Crippen LogP contribution in [0.4, 0.5) is 33.3 Å². The quantitative estimate of drug-likeness (QED) is 0.0321. The molecule has 0 heterocycles. The highest BCUT2D eigenvalue weighted by Gasteiger charge is 2.56. The third kappa shape index (κ3) is 11.4. The zero-order chi connectivity index (χ0) is 36.4.